The van der Waals surface area contributed by atoms with Crippen LogP contribution >= 0.6 is 15.9 Å². The molecule has 0 amide bonds. The zero-order valence-electron chi connectivity index (χ0n) is 7.03. The normalized spacial score (nSPS) is 18.4. The molecule has 0 unspecified atom stereocenters. The lowest BCUT2D eigenvalue weighted by molar-refractivity contribution is -0.0952. The first-order chi connectivity index (χ1) is 5.93. The summed E-state index contributed by atoms with van der Waals surface area (Å²) in [4.78, 5) is 1.60. The van der Waals surface area contributed by atoms with Gasteiger partial charge in [0, 0.05) is 23.8 Å². The first-order valence-corrected chi connectivity index (χ1v) is 4.62. The Hall–Kier alpha value is -0.450. The molecule has 0 aromatic heterocycles. The van der Waals surface area contributed by atoms with E-state index in [9.17, 15) is 13.2 Å². The van der Waals surface area contributed by atoms with Crippen molar-refractivity contribution in [1.29, 1.82) is 0 Å². The van der Waals surface area contributed by atoms with Gasteiger partial charge < -0.3 is 4.90 Å². The maximum Gasteiger partial charge on any atom is 0.414 e. The molecule has 0 radical (unpaired) electrons. The standard InChI is InChI=1S/C8H9BrF3N/c1-2-13-4-6(8(10,11)12)3-7(9)5-13/h3,5H,2,4H2,1H3. The Labute approximate surface area is 83.0 Å². The third-order valence-electron chi connectivity index (χ3n) is 1.76. The smallest absolute Gasteiger partial charge is 0.372 e. The fourth-order valence-electron chi connectivity index (χ4n) is 1.06. The zero-order valence-corrected chi connectivity index (χ0v) is 8.61. The average Bonchev–Trinajstić information content (AvgIpc) is 2.01. The Morgan fingerprint density at radius 1 is 1.54 bits per heavy atom. The second kappa shape index (κ2) is 3.74. The van der Waals surface area contributed by atoms with E-state index in [1.54, 1.807) is 11.1 Å². The number of alkyl halides is 3. The van der Waals surface area contributed by atoms with E-state index in [0.717, 1.165) is 6.08 Å². The van der Waals surface area contributed by atoms with Gasteiger partial charge in [-0.05, 0) is 28.9 Å². The van der Waals surface area contributed by atoms with Crippen molar-refractivity contribution in [2.75, 3.05) is 13.1 Å². The minimum Gasteiger partial charge on any atom is -0.372 e. The van der Waals surface area contributed by atoms with Gasteiger partial charge in [0.2, 0.25) is 0 Å². The SMILES string of the molecule is CCN1C=C(Br)C=C(C(F)(F)F)C1. The molecule has 1 nitrogen and oxygen atoms in total. The Balaban J connectivity index is 2.85. The quantitative estimate of drug-likeness (QED) is 0.697. The average molecular weight is 256 g/mol. The molecule has 1 aliphatic rings. The van der Waals surface area contributed by atoms with E-state index in [4.69, 9.17) is 0 Å². The summed E-state index contributed by atoms with van der Waals surface area (Å²) in [6.45, 7) is 2.33. The second-order valence-electron chi connectivity index (χ2n) is 2.74. The van der Waals surface area contributed by atoms with Crippen molar-refractivity contribution in [3.05, 3.63) is 22.3 Å². The van der Waals surface area contributed by atoms with Crippen LogP contribution in [0, 0.1) is 0 Å². The Bertz CT molecular complexity index is 255. The highest BCUT2D eigenvalue weighted by molar-refractivity contribution is 9.11. The molecule has 1 heterocycles. The topological polar surface area (TPSA) is 3.24 Å². The molecule has 0 saturated heterocycles. The van der Waals surface area contributed by atoms with Gasteiger partial charge in [0.15, 0.2) is 0 Å². The molecular weight excluding hydrogens is 247 g/mol. The van der Waals surface area contributed by atoms with E-state index in [-0.39, 0.29) is 6.54 Å². The van der Waals surface area contributed by atoms with Crippen molar-refractivity contribution in [3.8, 4) is 0 Å². The van der Waals surface area contributed by atoms with Crippen molar-refractivity contribution in [3.63, 3.8) is 0 Å². The monoisotopic (exact) mass is 255 g/mol. The van der Waals surface area contributed by atoms with Gasteiger partial charge in [0.25, 0.3) is 0 Å². The molecule has 0 aromatic rings. The number of rotatable bonds is 1. The molecule has 1 aliphatic heterocycles. The van der Waals surface area contributed by atoms with Gasteiger partial charge in [-0.1, -0.05) is 0 Å². The van der Waals surface area contributed by atoms with Crippen molar-refractivity contribution in [1.82, 2.24) is 4.90 Å². The largest absolute Gasteiger partial charge is 0.414 e. The molecule has 0 fully saturated rings. The number of likely N-dealkylation sites (N-methyl/N-ethyl adjacent to an activating group) is 1. The highest BCUT2D eigenvalue weighted by atomic mass is 79.9. The van der Waals surface area contributed by atoms with E-state index in [0.29, 0.717) is 11.0 Å². The van der Waals surface area contributed by atoms with Gasteiger partial charge in [-0.15, -0.1) is 0 Å². The summed E-state index contributed by atoms with van der Waals surface area (Å²) in [5.74, 6) is 0. The van der Waals surface area contributed by atoms with Crippen molar-refractivity contribution in [2.45, 2.75) is 13.1 Å². The van der Waals surface area contributed by atoms with E-state index in [2.05, 4.69) is 15.9 Å². The summed E-state index contributed by atoms with van der Waals surface area (Å²) >= 11 is 3.05. The second-order valence-corrected chi connectivity index (χ2v) is 3.66. The van der Waals surface area contributed by atoms with E-state index < -0.39 is 11.7 Å². The first kappa shape index (κ1) is 10.6. The summed E-state index contributed by atoms with van der Waals surface area (Å²) in [6.07, 6.45) is -1.44. The fourth-order valence-corrected chi connectivity index (χ4v) is 1.63. The molecule has 0 N–H and O–H groups in total. The van der Waals surface area contributed by atoms with E-state index in [1.165, 1.54) is 0 Å². The number of halogens is 4. The minimum absolute atomic E-state index is 0.0604. The van der Waals surface area contributed by atoms with Crippen LogP contribution in [0.25, 0.3) is 0 Å². The van der Waals surface area contributed by atoms with Crippen LogP contribution in [0.15, 0.2) is 22.3 Å². The molecule has 0 atom stereocenters. The van der Waals surface area contributed by atoms with E-state index >= 15 is 0 Å². The lowest BCUT2D eigenvalue weighted by Crippen LogP contribution is -2.29. The van der Waals surface area contributed by atoms with Crippen LogP contribution < -0.4 is 0 Å². The van der Waals surface area contributed by atoms with Crippen LogP contribution in [0.3, 0.4) is 0 Å². The first-order valence-electron chi connectivity index (χ1n) is 3.82. The Morgan fingerprint density at radius 2 is 2.15 bits per heavy atom. The van der Waals surface area contributed by atoms with Gasteiger partial charge >= 0.3 is 6.18 Å². The van der Waals surface area contributed by atoms with Crippen LogP contribution in [0.5, 0.6) is 0 Å². The summed E-state index contributed by atoms with van der Waals surface area (Å²) in [6, 6.07) is 0. The van der Waals surface area contributed by atoms with Crippen LogP contribution in [0.4, 0.5) is 13.2 Å². The van der Waals surface area contributed by atoms with Gasteiger partial charge in [-0.25, -0.2) is 0 Å². The summed E-state index contributed by atoms with van der Waals surface area (Å²) in [7, 11) is 0. The molecule has 74 valence electrons. The zero-order chi connectivity index (χ0) is 10.1. The van der Waals surface area contributed by atoms with Crippen LogP contribution in [-0.2, 0) is 0 Å². The molecule has 0 aromatic carbocycles. The van der Waals surface area contributed by atoms with Gasteiger partial charge in [-0.2, -0.15) is 13.2 Å². The third-order valence-corrected chi connectivity index (χ3v) is 2.20. The molecule has 1 rings (SSSR count). The maximum absolute atomic E-state index is 12.3. The maximum atomic E-state index is 12.3. The Morgan fingerprint density at radius 3 is 2.62 bits per heavy atom. The fraction of sp³-hybridized carbons (Fsp3) is 0.500. The number of hydrogen-bond donors (Lipinski definition) is 0. The lowest BCUT2D eigenvalue weighted by atomic mass is 10.2. The van der Waals surface area contributed by atoms with Crippen LogP contribution in [-0.4, -0.2) is 24.2 Å². The van der Waals surface area contributed by atoms with Gasteiger partial charge in [0.1, 0.15) is 0 Å². The third kappa shape index (κ3) is 2.76. The molecule has 0 saturated carbocycles. The van der Waals surface area contributed by atoms with Crippen LogP contribution in [0.2, 0.25) is 0 Å². The highest BCUT2D eigenvalue weighted by Crippen LogP contribution is 2.31. The summed E-state index contributed by atoms with van der Waals surface area (Å²) < 4.78 is 37.3. The van der Waals surface area contributed by atoms with Crippen molar-refractivity contribution in [2.24, 2.45) is 0 Å². The molecular formula is C8H9BrF3N. The Kier molecular flexibility index (Phi) is 3.05. The lowest BCUT2D eigenvalue weighted by Gasteiger charge is -2.25. The molecule has 0 aliphatic carbocycles. The molecule has 0 spiro atoms. The predicted octanol–water partition coefficient (Wildman–Crippen LogP) is 3.05. The van der Waals surface area contributed by atoms with Gasteiger partial charge in [-0.3, -0.25) is 0 Å². The molecule has 5 heteroatoms. The predicted molar refractivity (Wildman–Crippen MR) is 48.4 cm³/mol. The van der Waals surface area contributed by atoms with Crippen molar-refractivity contribution < 1.29 is 13.2 Å². The van der Waals surface area contributed by atoms with Crippen molar-refractivity contribution >= 4 is 15.9 Å². The summed E-state index contributed by atoms with van der Waals surface area (Å²) in [5, 5.41) is 0. The van der Waals surface area contributed by atoms with E-state index in [1.807, 2.05) is 6.92 Å². The van der Waals surface area contributed by atoms with Gasteiger partial charge in [0.05, 0.1) is 5.57 Å². The molecule has 13 heavy (non-hydrogen) atoms. The summed E-state index contributed by atoms with van der Waals surface area (Å²) in [5.41, 5.74) is -0.510. The minimum atomic E-state index is -4.22. The number of allylic oxidation sites excluding steroid dienone is 2. The number of hydrogen-bond acceptors (Lipinski definition) is 1. The highest BCUT2D eigenvalue weighted by Gasteiger charge is 2.35. The molecule has 0 bridgehead atoms. The van der Waals surface area contributed by atoms with Crippen LogP contribution in [0.1, 0.15) is 6.92 Å². The number of nitrogens with zero attached hydrogens (tertiary/aromatic N) is 1.